The molecule has 0 bridgehead atoms. The Morgan fingerprint density at radius 2 is 1.74 bits per heavy atom. The highest BCUT2D eigenvalue weighted by atomic mass is 32.2. The summed E-state index contributed by atoms with van der Waals surface area (Å²) < 4.78 is 42.6. The second kappa shape index (κ2) is 12.3. The standard InChI is InChI=1S/C30H29F3N6O2S/c1-19-15-20(2)26(21(3)16-19)38-13-4-14-42-29(38)36-28(40)34-17-22-5-7-23(8-6-22)27-35-18-39(37-27)24-9-11-25(12-10-24)41-30(31,32)33/h5-12,15-16,18H,4,13-14,17H2,1-3H3,(H,34,40)/b36-29-. The molecule has 1 fully saturated rings. The summed E-state index contributed by atoms with van der Waals surface area (Å²) in [7, 11) is 0. The molecule has 0 radical (unpaired) electrons. The molecule has 12 heteroatoms. The van der Waals surface area contributed by atoms with Crippen molar-refractivity contribution >= 4 is 28.6 Å². The minimum atomic E-state index is -4.75. The summed E-state index contributed by atoms with van der Waals surface area (Å²) in [5.41, 5.74) is 6.81. The first-order valence-corrected chi connectivity index (χ1v) is 14.3. The number of aryl methyl sites for hydroxylation is 3. The number of nitrogens with zero attached hydrogens (tertiary/aromatic N) is 5. The summed E-state index contributed by atoms with van der Waals surface area (Å²) in [4.78, 5) is 23.6. The van der Waals surface area contributed by atoms with Crippen LogP contribution < -0.4 is 15.0 Å². The number of amidine groups is 1. The van der Waals surface area contributed by atoms with Crippen molar-refractivity contribution < 1.29 is 22.7 Å². The number of alkyl halides is 3. The molecule has 0 spiro atoms. The van der Waals surface area contributed by atoms with Crippen LogP contribution in [0.2, 0.25) is 0 Å². The molecule has 42 heavy (non-hydrogen) atoms. The number of nitrogens with one attached hydrogen (secondary N) is 1. The van der Waals surface area contributed by atoms with Gasteiger partial charge in [-0.3, -0.25) is 0 Å². The summed E-state index contributed by atoms with van der Waals surface area (Å²) in [6.07, 6.45) is -2.25. The van der Waals surface area contributed by atoms with Gasteiger partial charge < -0.3 is 15.0 Å². The van der Waals surface area contributed by atoms with Gasteiger partial charge in [0.25, 0.3) is 0 Å². The number of anilines is 1. The highest BCUT2D eigenvalue weighted by Gasteiger charge is 2.31. The zero-order chi connectivity index (χ0) is 29.9. The third-order valence-electron chi connectivity index (χ3n) is 6.57. The van der Waals surface area contributed by atoms with Crippen LogP contribution in [0.4, 0.5) is 23.7 Å². The van der Waals surface area contributed by atoms with E-state index in [4.69, 9.17) is 0 Å². The van der Waals surface area contributed by atoms with Gasteiger partial charge in [-0.05, 0) is 68.1 Å². The van der Waals surface area contributed by atoms with Crippen molar-refractivity contribution in [2.45, 2.75) is 40.1 Å². The lowest BCUT2D eigenvalue weighted by molar-refractivity contribution is -0.274. The number of carbonyl (C=O) groups is 1. The first-order valence-electron chi connectivity index (χ1n) is 13.3. The SMILES string of the molecule is Cc1cc(C)c(N2CCCS/C2=N\C(=O)NCc2ccc(-c3ncn(-c4ccc(OC(F)(F)F)cc4)n3)cc2)c(C)c1. The Labute approximate surface area is 245 Å². The van der Waals surface area contributed by atoms with E-state index in [-0.39, 0.29) is 5.75 Å². The number of urea groups is 1. The van der Waals surface area contributed by atoms with E-state index in [0.29, 0.717) is 23.2 Å². The maximum absolute atomic E-state index is 12.8. The van der Waals surface area contributed by atoms with Gasteiger partial charge in [-0.1, -0.05) is 53.7 Å². The first kappa shape index (κ1) is 29.2. The van der Waals surface area contributed by atoms with E-state index in [1.807, 2.05) is 24.3 Å². The monoisotopic (exact) mass is 594 g/mol. The first-order chi connectivity index (χ1) is 20.1. The lowest BCUT2D eigenvalue weighted by Gasteiger charge is -2.32. The van der Waals surface area contributed by atoms with Crippen LogP contribution >= 0.6 is 11.8 Å². The average molecular weight is 595 g/mol. The normalized spacial score (nSPS) is 14.7. The number of aromatic nitrogens is 3. The van der Waals surface area contributed by atoms with Crippen LogP contribution in [0.1, 0.15) is 28.7 Å². The Balaban J connectivity index is 1.21. The van der Waals surface area contributed by atoms with Gasteiger partial charge in [0.05, 0.1) is 5.69 Å². The molecule has 1 N–H and O–H groups in total. The minimum Gasteiger partial charge on any atom is -0.406 e. The number of hydrogen-bond donors (Lipinski definition) is 1. The quantitative estimate of drug-likeness (QED) is 0.260. The molecule has 2 heterocycles. The minimum absolute atomic E-state index is 0.303. The molecule has 5 rings (SSSR count). The van der Waals surface area contributed by atoms with Crippen molar-refractivity contribution in [3.8, 4) is 22.8 Å². The highest BCUT2D eigenvalue weighted by molar-refractivity contribution is 8.14. The fourth-order valence-corrected chi connectivity index (χ4v) is 5.80. The van der Waals surface area contributed by atoms with Crippen LogP contribution in [-0.4, -0.2) is 44.6 Å². The van der Waals surface area contributed by atoms with Crippen molar-refractivity contribution in [3.63, 3.8) is 0 Å². The number of amides is 2. The number of hydrogen-bond acceptors (Lipinski definition) is 5. The van der Waals surface area contributed by atoms with Crippen LogP contribution in [0, 0.1) is 20.8 Å². The van der Waals surface area contributed by atoms with Gasteiger partial charge >= 0.3 is 12.4 Å². The summed E-state index contributed by atoms with van der Waals surface area (Å²) in [6.45, 7) is 7.37. The molecule has 0 atom stereocenters. The van der Waals surface area contributed by atoms with E-state index in [1.54, 1.807) is 11.8 Å². The number of carbonyl (C=O) groups excluding carboxylic acids is 1. The molecule has 8 nitrogen and oxygen atoms in total. The molecule has 2 amide bonds. The molecular formula is C30H29F3N6O2S. The second-order valence-electron chi connectivity index (χ2n) is 9.91. The summed E-state index contributed by atoms with van der Waals surface area (Å²) in [6, 6.07) is 16.7. The lowest BCUT2D eigenvalue weighted by atomic mass is 10.0. The summed E-state index contributed by atoms with van der Waals surface area (Å²) >= 11 is 1.59. The maximum Gasteiger partial charge on any atom is 0.573 e. The molecule has 1 aliphatic heterocycles. The Bertz CT molecular complexity index is 1580. The summed E-state index contributed by atoms with van der Waals surface area (Å²) in [5, 5.41) is 8.00. The number of aliphatic imine (C=N–C) groups is 1. The van der Waals surface area contributed by atoms with Gasteiger partial charge in [0.15, 0.2) is 11.0 Å². The third kappa shape index (κ3) is 7.11. The molecule has 0 aliphatic carbocycles. The molecule has 0 unspecified atom stereocenters. The van der Waals surface area contributed by atoms with Crippen LogP contribution in [0.3, 0.4) is 0 Å². The molecule has 3 aromatic carbocycles. The predicted octanol–water partition coefficient (Wildman–Crippen LogP) is 6.97. The molecule has 1 saturated heterocycles. The molecule has 1 aromatic heterocycles. The van der Waals surface area contributed by atoms with Crippen LogP contribution in [-0.2, 0) is 6.54 Å². The Morgan fingerprint density at radius 1 is 1.05 bits per heavy atom. The molecular weight excluding hydrogens is 565 g/mol. The molecule has 0 saturated carbocycles. The topological polar surface area (TPSA) is 84.6 Å². The van der Waals surface area contributed by atoms with Crippen molar-refractivity contribution in [3.05, 3.63) is 89.2 Å². The Morgan fingerprint density at radius 3 is 2.40 bits per heavy atom. The predicted molar refractivity (Wildman–Crippen MR) is 158 cm³/mol. The fourth-order valence-electron chi connectivity index (χ4n) is 4.85. The van der Waals surface area contributed by atoms with Crippen LogP contribution in [0.25, 0.3) is 17.1 Å². The summed E-state index contributed by atoms with van der Waals surface area (Å²) in [5.74, 6) is 1.05. The van der Waals surface area contributed by atoms with Gasteiger partial charge in [-0.25, -0.2) is 14.5 Å². The van der Waals surface area contributed by atoms with Crippen molar-refractivity contribution in [2.24, 2.45) is 4.99 Å². The zero-order valence-corrected chi connectivity index (χ0v) is 24.1. The van der Waals surface area contributed by atoms with E-state index in [1.165, 1.54) is 40.8 Å². The van der Waals surface area contributed by atoms with Gasteiger partial charge in [-0.15, -0.1) is 18.3 Å². The largest absolute Gasteiger partial charge is 0.573 e. The average Bonchev–Trinajstić information content (AvgIpc) is 3.43. The van der Waals surface area contributed by atoms with E-state index >= 15 is 0 Å². The van der Waals surface area contributed by atoms with E-state index in [0.717, 1.165) is 46.7 Å². The third-order valence-corrected chi connectivity index (χ3v) is 7.64. The van der Waals surface area contributed by atoms with Crippen LogP contribution in [0.15, 0.2) is 72.0 Å². The highest BCUT2D eigenvalue weighted by Crippen LogP contribution is 2.32. The molecule has 1 aliphatic rings. The Hall–Kier alpha value is -4.32. The zero-order valence-electron chi connectivity index (χ0n) is 23.3. The number of thioether (sulfide) groups is 1. The number of benzene rings is 3. The molecule has 218 valence electrons. The number of rotatable bonds is 6. The van der Waals surface area contributed by atoms with Gasteiger partial charge in [-0.2, -0.15) is 4.99 Å². The van der Waals surface area contributed by atoms with Gasteiger partial charge in [0.2, 0.25) is 0 Å². The Kier molecular flexibility index (Phi) is 8.53. The number of halogens is 3. The van der Waals surface area contributed by atoms with Gasteiger partial charge in [0, 0.05) is 30.1 Å². The van der Waals surface area contributed by atoms with Crippen LogP contribution in [0.5, 0.6) is 5.75 Å². The fraction of sp³-hybridized carbons (Fsp3) is 0.267. The lowest BCUT2D eigenvalue weighted by Crippen LogP contribution is -2.36. The smallest absolute Gasteiger partial charge is 0.406 e. The van der Waals surface area contributed by atoms with Crippen molar-refractivity contribution in [2.75, 3.05) is 17.2 Å². The van der Waals surface area contributed by atoms with E-state index in [9.17, 15) is 18.0 Å². The van der Waals surface area contributed by atoms with Gasteiger partial charge in [0.1, 0.15) is 12.1 Å². The molecule has 4 aromatic rings. The van der Waals surface area contributed by atoms with E-state index < -0.39 is 12.4 Å². The van der Waals surface area contributed by atoms with Crippen molar-refractivity contribution in [1.82, 2.24) is 20.1 Å². The second-order valence-corrected chi connectivity index (χ2v) is 11.0. The maximum atomic E-state index is 12.8. The van der Waals surface area contributed by atoms with E-state index in [2.05, 4.69) is 62.9 Å². The number of ether oxygens (including phenoxy) is 1. The van der Waals surface area contributed by atoms with Crippen molar-refractivity contribution in [1.29, 1.82) is 0 Å².